The zero-order valence-corrected chi connectivity index (χ0v) is 17.6. The summed E-state index contributed by atoms with van der Waals surface area (Å²) in [6.45, 7) is 10.5. The predicted octanol–water partition coefficient (Wildman–Crippen LogP) is 6.51. The lowest BCUT2D eigenvalue weighted by atomic mass is 10.1. The number of hydrogen-bond donors (Lipinski definition) is 1. The molecule has 2 rings (SSSR count). The van der Waals surface area contributed by atoms with E-state index in [1.54, 1.807) is 18.8 Å². The number of aryl methyl sites for hydroxylation is 2. The fourth-order valence-corrected chi connectivity index (χ4v) is 3.56. The number of allylic oxidation sites excluding steroid dienone is 2. The van der Waals surface area contributed by atoms with Crippen molar-refractivity contribution in [1.82, 2.24) is 4.98 Å². The Hall–Kier alpha value is -2.33. The summed E-state index contributed by atoms with van der Waals surface area (Å²) in [4.78, 5) is 9.74. The van der Waals surface area contributed by atoms with Crippen molar-refractivity contribution in [3.05, 3.63) is 70.9 Å². The van der Waals surface area contributed by atoms with E-state index in [0.717, 1.165) is 28.4 Å². The lowest BCUT2D eigenvalue weighted by Gasteiger charge is -2.13. The van der Waals surface area contributed by atoms with Crippen molar-refractivity contribution in [3.63, 3.8) is 0 Å². The van der Waals surface area contributed by atoms with Gasteiger partial charge in [-0.05, 0) is 67.2 Å². The van der Waals surface area contributed by atoms with Crippen molar-refractivity contribution in [1.29, 1.82) is 0 Å². The Morgan fingerprint density at radius 2 is 2.11 bits per heavy atom. The van der Waals surface area contributed by atoms with E-state index in [1.165, 1.54) is 28.9 Å². The van der Waals surface area contributed by atoms with Gasteiger partial charge in [-0.1, -0.05) is 49.9 Å². The van der Waals surface area contributed by atoms with E-state index in [1.807, 2.05) is 19.3 Å². The van der Waals surface area contributed by atoms with Crippen LogP contribution in [-0.4, -0.2) is 18.2 Å². The Balaban J connectivity index is 2.11. The van der Waals surface area contributed by atoms with E-state index in [-0.39, 0.29) is 0 Å². The summed E-state index contributed by atoms with van der Waals surface area (Å²) in [5.74, 6) is 0.849. The molecular formula is C23H29N3S. The topological polar surface area (TPSA) is 37.3 Å². The number of nitrogens with zero attached hydrogens (tertiary/aromatic N) is 2. The Morgan fingerprint density at radius 1 is 1.30 bits per heavy atom. The van der Waals surface area contributed by atoms with E-state index < -0.39 is 0 Å². The highest BCUT2D eigenvalue weighted by molar-refractivity contribution is 8.03. The molecule has 0 atom stereocenters. The predicted molar refractivity (Wildman–Crippen MR) is 121 cm³/mol. The number of aromatic nitrogens is 1. The smallest absolute Gasteiger partial charge is 0.130 e. The molecule has 142 valence electrons. The minimum atomic E-state index is 0.849. The summed E-state index contributed by atoms with van der Waals surface area (Å²) in [6.07, 6.45) is 9.29. The largest absolute Gasteiger partial charge is 0.335 e. The van der Waals surface area contributed by atoms with Crippen LogP contribution in [0.25, 0.3) is 5.57 Å². The molecule has 3 nitrogen and oxygen atoms in total. The lowest BCUT2D eigenvalue weighted by Crippen LogP contribution is -1.99. The number of hydrogen-bond acceptors (Lipinski definition) is 4. The maximum atomic E-state index is 4.42. The Kier molecular flexibility index (Phi) is 8.34. The Labute approximate surface area is 167 Å². The van der Waals surface area contributed by atoms with Gasteiger partial charge in [-0.15, -0.1) is 0 Å². The van der Waals surface area contributed by atoms with E-state index in [0.29, 0.717) is 0 Å². The van der Waals surface area contributed by atoms with Crippen LogP contribution in [0.4, 0.5) is 5.82 Å². The zero-order chi connectivity index (χ0) is 19.6. The minimum Gasteiger partial charge on any atom is -0.335 e. The molecule has 0 radical (unpaired) electrons. The number of anilines is 1. The fraction of sp³-hybridized carbons (Fsp3) is 0.304. The summed E-state index contributed by atoms with van der Waals surface area (Å²) in [7, 11) is 1.79. The first-order chi connectivity index (χ1) is 13.1. The van der Waals surface area contributed by atoms with Crippen LogP contribution in [0.1, 0.15) is 43.4 Å². The van der Waals surface area contributed by atoms with Gasteiger partial charge in [-0.25, -0.2) is 4.98 Å². The third-order valence-electron chi connectivity index (χ3n) is 4.24. The second-order valence-electron chi connectivity index (χ2n) is 6.41. The Bertz CT molecular complexity index is 837. The van der Waals surface area contributed by atoms with Gasteiger partial charge in [-0.2, -0.15) is 0 Å². The van der Waals surface area contributed by atoms with Gasteiger partial charge >= 0.3 is 0 Å². The molecule has 0 aliphatic heterocycles. The van der Waals surface area contributed by atoms with Crippen molar-refractivity contribution in [2.75, 3.05) is 12.4 Å². The number of nitrogens with one attached hydrogen (secondary N) is 1. The summed E-state index contributed by atoms with van der Waals surface area (Å²) in [5.41, 5.74) is 4.80. The molecule has 4 heteroatoms. The highest BCUT2D eigenvalue weighted by Gasteiger charge is 2.07. The third kappa shape index (κ3) is 6.40. The lowest BCUT2D eigenvalue weighted by molar-refractivity contribution is 0.794. The molecule has 1 aromatic carbocycles. The van der Waals surface area contributed by atoms with Gasteiger partial charge in [0.15, 0.2) is 0 Å². The Morgan fingerprint density at radius 3 is 2.81 bits per heavy atom. The molecule has 0 aliphatic carbocycles. The van der Waals surface area contributed by atoms with E-state index in [9.17, 15) is 0 Å². The van der Waals surface area contributed by atoms with Crippen molar-refractivity contribution in [2.24, 2.45) is 4.99 Å². The molecule has 0 saturated carbocycles. The number of aliphatic imine (C=N–C) groups is 1. The summed E-state index contributed by atoms with van der Waals surface area (Å²) >= 11 is 1.63. The number of thioether (sulfide) groups is 1. The van der Waals surface area contributed by atoms with Crippen LogP contribution in [0.15, 0.2) is 64.1 Å². The first kappa shape index (κ1) is 21.0. The van der Waals surface area contributed by atoms with Crippen LogP contribution in [-0.2, 0) is 6.42 Å². The monoisotopic (exact) mass is 379 g/mol. The fourth-order valence-electron chi connectivity index (χ4n) is 2.72. The average molecular weight is 380 g/mol. The highest BCUT2D eigenvalue weighted by Crippen LogP contribution is 2.31. The van der Waals surface area contributed by atoms with Crippen LogP contribution >= 0.6 is 11.8 Å². The molecule has 0 spiro atoms. The molecule has 0 amide bonds. The average Bonchev–Trinajstić information content (AvgIpc) is 2.66. The van der Waals surface area contributed by atoms with Gasteiger partial charge in [0, 0.05) is 24.4 Å². The standard InChI is InChI=1S/C23H29N3S/c1-6-8-9-19-12-13-25-23(14-19)26-18(4)27-22-15-21(11-10-17(22)3)20(7-2)16-24-5/h7,10-16H,4,6,8-9H2,1-3,5H3,(H,25,26)/b20-7+,24-16-. The number of benzene rings is 1. The molecule has 0 unspecified atom stereocenters. The van der Waals surface area contributed by atoms with E-state index >= 15 is 0 Å². The van der Waals surface area contributed by atoms with Gasteiger partial charge in [0.1, 0.15) is 5.82 Å². The molecule has 2 aromatic rings. The summed E-state index contributed by atoms with van der Waals surface area (Å²) < 4.78 is 0. The maximum absolute atomic E-state index is 4.42. The van der Waals surface area contributed by atoms with Crippen LogP contribution in [0.2, 0.25) is 0 Å². The maximum Gasteiger partial charge on any atom is 0.130 e. The van der Waals surface area contributed by atoms with Crippen molar-refractivity contribution in [3.8, 4) is 0 Å². The number of rotatable bonds is 9. The third-order valence-corrected chi connectivity index (χ3v) is 5.25. The van der Waals surface area contributed by atoms with Crippen LogP contribution < -0.4 is 5.32 Å². The van der Waals surface area contributed by atoms with Gasteiger partial charge in [0.25, 0.3) is 0 Å². The summed E-state index contributed by atoms with van der Waals surface area (Å²) in [5, 5.41) is 4.20. The molecule has 1 N–H and O–H groups in total. The molecule has 0 saturated heterocycles. The molecule has 0 fully saturated rings. The second-order valence-corrected chi connectivity index (χ2v) is 7.55. The van der Waals surface area contributed by atoms with Crippen LogP contribution in [0.5, 0.6) is 0 Å². The zero-order valence-electron chi connectivity index (χ0n) is 16.7. The van der Waals surface area contributed by atoms with Gasteiger partial charge in [0.2, 0.25) is 0 Å². The molecule has 27 heavy (non-hydrogen) atoms. The van der Waals surface area contributed by atoms with Crippen molar-refractivity contribution >= 4 is 29.4 Å². The normalized spacial score (nSPS) is 11.8. The quantitative estimate of drug-likeness (QED) is 0.398. The molecule has 1 heterocycles. The first-order valence-electron chi connectivity index (χ1n) is 9.35. The second kappa shape index (κ2) is 10.7. The first-order valence-corrected chi connectivity index (χ1v) is 10.2. The van der Waals surface area contributed by atoms with Crippen molar-refractivity contribution in [2.45, 2.75) is 44.9 Å². The van der Waals surface area contributed by atoms with Gasteiger partial charge in [0.05, 0.1) is 5.03 Å². The molecular weight excluding hydrogens is 350 g/mol. The van der Waals surface area contributed by atoms with Crippen LogP contribution in [0, 0.1) is 6.92 Å². The van der Waals surface area contributed by atoms with E-state index in [4.69, 9.17) is 0 Å². The number of unbranched alkanes of at least 4 members (excludes halogenated alkanes) is 1. The minimum absolute atomic E-state index is 0.849. The molecule has 0 aliphatic rings. The molecule has 1 aromatic heterocycles. The highest BCUT2D eigenvalue weighted by atomic mass is 32.2. The van der Waals surface area contributed by atoms with Gasteiger partial charge in [-0.3, -0.25) is 4.99 Å². The van der Waals surface area contributed by atoms with E-state index in [2.05, 4.69) is 72.1 Å². The molecule has 0 bridgehead atoms. The van der Waals surface area contributed by atoms with Crippen molar-refractivity contribution < 1.29 is 0 Å². The summed E-state index contributed by atoms with van der Waals surface area (Å²) in [6, 6.07) is 10.7. The SMILES string of the molecule is C=C(Nc1cc(CCCC)ccn1)Sc1cc(C(/C=N\C)=C/C)ccc1C. The van der Waals surface area contributed by atoms with Crippen LogP contribution in [0.3, 0.4) is 0 Å². The van der Waals surface area contributed by atoms with Gasteiger partial charge < -0.3 is 5.32 Å². The number of pyridine rings is 1.